The lowest BCUT2D eigenvalue weighted by atomic mass is 10.0. The summed E-state index contributed by atoms with van der Waals surface area (Å²) in [5.74, 6) is 1.25. The number of hydrogen-bond acceptors (Lipinski definition) is 6. The Kier molecular flexibility index (Phi) is 6.24. The minimum Gasteiger partial charge on any atom is -0.507 e. The fourth-order valence-electron chi connectivity index (χ4n) is 4.17. The maximum atomic E-state index is 10.5. The standard InChI is InChI=1S/C30H24N2O4/c1-35-29-15-25(31-17-23-21-9-5-3-7-19(21)11-13-27(23)33)26(16-30(29)36-2)32-18-24-22-10-6-4-8-20(22)12-14-28(24)34/h3-18,33-34H,1-2H3. The highest BCUT2D eigenvalue weighted by molar-refractivity contribution is 6.05. The van der Waals surface area contributed by atoms with Crippen LogP contribution in [0.15, 0.2) is 94.9 Å². The van der Waals surface area contributed by atoms with E-state index in [9.17, 15) is 10.2 Å². The number of fused-ring (bicyclic) bond motifs is 2. The van der Waals surface area contributed by atoms with Crippen LogP contribution in [0.25, 0.3) is 21.5 Å². The largest absolute Gasteiger partial charge is 0.507 e. The van der Waals surface area contributed by atoms with E-state index in [0.717, 1.165) is 21.5 Å². The number of ether oxygens (including phenoxy) is 2. The van der Waals surface area contributed by atoms with Crippen molar-refractivity contribution >= 4 is 45.3 Å². The summed E-state index contributed by atoms with van der Waals surface area (Å²) in [6, 6.07) is 26.1. The van der Waals surface area contributed by atoms with E-state index in [0.29, 0.717) is 34.0 Å². The molecular formula is C30H24N2O4. The van der Waals surface area contributed by atoms with E-state index in [1.165, 1.54) is 0 Å². The molecule has 36 heavy (non-hydrogen) atoms. The topological polar surface area (TPSA) is 83.6 Å². The Morgan fingerprint density at radius 2 is 1.00 bits per heavy atom. The zero-order valence-corrected chi connectivity index (χ0v) is 19.8. The van der Waals surface area contributed by atoms with E-state index >= 15 is 0 Å². The molecule has 0 aromatic heterocycles. The molecule has 0 spiro atoms. The molecule has 6 heteroatoms. The zero-order chi connectivity index (χ0) is 25.1. The molecule has 0 saturated carbocycles. The summed E-state index contributed by atoms with van der Waals surface area (Å²) in [5, 5.41) is 24.8. The highest BCUT2D eigenvalue weighted by atomic mass is 16.5. The Morgan fingerprint density at radius 1 is 0.583 bits per heavy atom. The van der Waals surface area contributed by atoms with Gasteiger partial charge in [0.25, 0.3) is 0 Å². The van der Waals surface area contributed by atoms with Crippen LogP contribution < -0.4 is 9.47 Å². The highest BCUT2D eigenvalue weighted by Crippen LogP contribution is 2.40. The maximum absolute atomic E-state index is 10.5. The van der Waals surface area contributed by atoms with Crippen LogP contribution >= 0.6 is 0 Å². The third-order valence-corrected chi connectivity index (χ3v) is 6.04. The van der Waals surface area contributed by atoms with Crippen LogP contribution in [0.2, 0.25) is 0 Å². The monoisotopic (exact) mass is 476 g/mol. The average Bonchev–Trinajstić information content (AvgIpc) is 2.92. The van der Waals surface area contributed by atoms with E-state index in [1.807, 2.05) is 60.7 Å². The van der Waals surface area contributed by atoms with Crippen LogP contribution in [-0.4, -0.2) is 36.9 Å². The molecular weight excluding hydrogens is 452 g/mol. The van der Waals surface area contributed by atoms with Gasteiger partial charge >= 0.3 is 0 Å². The zero-order valence-electron chi connectivity index (χ0n) is 19.8. The van der Waals surface area contributed by atoms with Crippen LogP contribution in [0.3, 0.4) is 0 Å². The number of rotatable bonds is 6. The lowest BCUT2D eigenvalue weighted by molar-refractivity contribution is 0.355. The van der Waals surface area contributed by atoms with E-state index in [4.69, 9.17) is 9.47 Å². The van der Waals surface area contributed by atoms with E-state index in [-0.39, 0.29) is 11.5 Å². The van der Waals surface area contributed by atoms with Crippen molar-refractivity contribution < 1.29 is 19.7 Å². The van der Waals surface area contributed by atoms with Crippen molar-refractivity contribution in [3.63, 3.8) is 0 Å². The fraction of sp³-hybridized carbons (Fsp3) is 0.0667. The van der Waals surface area contributed by atoms with Crippen LogP contribution in [0.1, 0.15) is 11.1 Å². The molecule has 0 aliphatic carbocycles. The number of aliphatic imine (C=N–C) groups is 2. The SMILES string of the molecule is COc1cc(N=Cc2c(O)ccc3ccccc23)c(N=Cc2c(O)ccc3ccccc23)cc1OC. The third-order valence-electron chi connectivity index (χ3n) is 6.04. The van der Waals surface area contributed by atoms with Gasteiger partial charge in [-0.25, -0.2) is 0 Å². The second kappa shape index (κ2) is 9.80. The van der Waals surface area contributed by atoms with E-state index in [2.05, 4.69) is 9.98 Å². The van der Waals surface area contributed by atoms with Gasteiger partial charge in [-0.2, -0.15) is 0 Å². The first-order chi connectivity index (χ1) is 17.6. The summed E-state index contributed by atoms with van der Waals surface area (Å²) in [6.45, 7) is 0. The van der Waals surface area contributed by atoms with Gasteiger partial charge in [0.05, 0.1) is 25.6 Å². The summed E-state index contributed by atoms with van der Waals surface area (Å²) in [5.41, 5.74) is 2.22. The van der Waals surface area contributed by atoms with Gasteiger partial charge in [-0.3, -0.25) is 9.98 Å². The Morgan fingerprint density at radius 3 is 1.42 bits per heavy atom. The number of benzene rings is 5. The normalized spacial score (nSPS) is 11.6. The van der Waals surface area contributed by atoms with Crippen molar-refractivity contribution in [1.82, 2.24) is 0 Å². The first-order valence-electron chi connectivity index (χ1n) is 11.3. The molecule has 2 N–H and O–H groups in total. The van der Waals surface area contributed by atoms with Crippen molar-refractivity contribution in [3.05, 3.63) is 96.1 Å². The number of phenols is 2. The lowest BCUT2D eigenvalue weighted by Gasteiger charge is -2.11. The molecule has 6 nitrogen and oxygen atoms in total. The third kappa shape index (κ3) is 4.32. The quantitative estimate of drug-likeness (QED) is 0.261. The van der Waals surface area contributed by atoms with Gasteiger partial charge in [0.2, 0.25) is 0 Å². The predicted octanol–water partition coefficient (Wildman–Crippen LogP) is 6.92. The number of hydrogen-bond donors (Lipinski definition) is 2. The summed E-state index contributed by atoms with van der Waals surface area (Å²) >= 11 is 0. The molecule has 0 bridgehead atoms. The number of aromatic hydroxyl groups is 2. The Bertz CT molecular complexity index is 1520. The van der Waals surface area contributed by atoms with Gasteiger partial charge in [0.1, 0.15) is 11.5 Å². The molecule has 0 radical (unpaired) electrons. The number of methoxy groups -OCH3 is 2. The summed E-state index contributed by atoms with van der Waals surface area (Å²) in [7, 11) is 3.11. The van der Waals surface area contributed by atoms with Gasteiger partial charge in [0.15, 0.2) is 11.5 Å². The van der Waals surface area contributed by atoms with Gasteiger partial charge < -0.3 is 19.7 Å². The molecule has 5 rings (SSSR count). The number of phenolic OH excluding ortho intramolecular Hbond substituents is 2. The Labute approximate surface area is 208 Å². The summed E-state index contributed by atoms with van der Waals surface area (Å²) in [6.07, 6.45) is 3.24. The molecule has 0 heterocycles. The second-order valence-electron chi connectivity index (χ2n) is 8.15. The van der Waals surface area contributed by atoms with Crippen LogP contribution in [0, 0.1) is 0 Å². The van der Waals surface area contributed by atoms with Crippen LogP contribution in [0.5, 0.6) is 23.0 Å². The lowest BCUT2D eigenvalue weighted by Crippen LogP contribution is -1.91. The van der Waals surface area contributed by atoms with E-state index < -0.39 is 0 Å². The van der Waals surface area contributed by atoms with Gasteiger partial charge in [-0.1, -0.05) is 60.7 Å². The molecule has 5 aromatic rings. The average molecular weight is 477 g/mol. The van der Waals surface area contributed by atoms with Crippen molar-refractivity contribution in [2.45, 2.75) is 0 Å². The summed E-state index contributed by atoms with van der Waals surface area (Å²) in [4.78, 5) is 9.34. The molecule has 0 aliphatic rings. The minimum atomic E-state index is 0.128. The van der Waals surface area contributed by atoms with E-state index in [1.54, 1.807) is 50.9 Å². The molecule has 0 unspecified atom stereocenters. The van der Waals surface area contributed by atoms with Gasteiger partial charge in [-0.05, 0) is 33.7 Å². The van der Waals surface area contributed by atoms with Crippen molar-refractivity contribution in [2.75, 3.05) is 14.2 Å². The first kappa shape index (κ1) is 22.9. The van der Waals surface area contributed by atoms with Crippen LogP contribution in [0.4, 0.5) is 11.4 Å². The molecule has 0 saturated heterocycles. The predicted molar refractivity (Wildman–Crippen MR) is 145 cm³/mol. The van der Waals surface area contributed by atoms with Gasteiger partial charge in [-0.15, -0.1) is 0 Å². The van der Waals surface area contributed by atoms with Crippen LogP contribution in [-0.2, 0) is 0 Å². The molecule has 178 valence electrons. The molecule has 0 amide bonds. The molecule has 0 fully saturated rings. The molecule has 0 aliphatic heterocycles. The van der Waals surface area contributed by atoms with Crippen molar-refractivity contribution in [1.29, 1.82) is 0 Å². The van der Waals surface area contributed by atoms with Crippen molar-refractivity contribution in [3.8, 4) is 23.0 Å². The smallest absolute Gasteiger partial charge is 0.163 e. The fourth-order valence-corrected chi connectivity index (χ4v) is 4.17. The first-order valence-corrected chi connectivity index (χ1v) is 11.3. The molecule has 0 atom stereocenters. The molecule has 5 aromatic carbocycles. The van der Waals surface area contributed by atoms with Crippen molar-refractivity contribution in [2.24, 2.45) is 9.98 Å². The Hall–Kier alpha value is -4.84. The number of nitrogens with zero attached hydrogens (tertiary/aromatic N) is 2. The summed E-state index contributed by atoms with van der Waals surface area (Å²) < 4.78 is 11.0. The van der Waals surface area contributed by atoms with Gasteiger partial charge in [0, 0.05) is 35.7 Å². The maximum Gasteiger partial charge on any atom is 0.163 e. The highest BCUT2D eigenvalue weighted by Gasteiger charge is 2.12. The second-order valence-corrected chi connectivity index (χ2v) is 8.15. The minimum absolute atomic E-state index is 0.128. The Balaban J connectivity index is 1.63.